The van der Waals surface area contributed by atoms with E-state index >= 15 is 0 Å². The molecule has 0 unspecified atom stereocenters. The van der Waals surface area contributed by atoms with Gasteiger partial charge in [-0.25, -0.2) is 8.42 Å². The van der Waals surface area contributed by atoms with Gasteiger partial charge >= 0.3 is 0 Å². The van der Waals surface area contributed by atoms with Crippen LogP contribution in [0.3, 0.4) is 0 Å². The van der Waals surface area contributed by atoms with Crippen molar-refractivity contribution >= 4 is 27.5 Å². The van der Waals surface area contributed by atoms with Crippen LogP contribution in [-0.4, -0.2) is 58.8 Å². The summed E-state index contributed by atoms with van der Waals surface area (Å²) in [6.07, 6.45) is 0.497. The van der Waals surface area contributed by atoms with Crippen LogP contribution in [0.15, 0.2) is 33.9 Å². The Morgan fingerprint density at radius 1 is 1.41 bits per heavy atom. The quantitative estimate of drug-likeness (QED) is 0.677. The number of benzene rings is 1. The maximum atomic E-state index is 12.8. The molecule has 2 atom stereocenters. The lowest BCUT2D eigenvalue weighted by Gasteiger charge is -2.28. The first-order valence-corrected chi connectivity index (χ1v) is 11.6. The molecule has 27 heavy (non-hydrogen) atoms. The van der Waals surface area contributed by atoms with E-state index in [9.17, 15) is 13.2 Å². The summed E-state index contributed by atoms with van der Waals surface area (Å²) in [5.41, 5.74) is 1.92. The third-order valence-electron chi connectivity index (χ3n) is 4.57. The smallest absolute Gasteiger partial charge is 0.277 e. The number of hydrogen-bond donors (Lipinski definition) is 0. The van der Waals surface area contributed by atoms with E-state index in [0.29, 0.717) is 24.1 Å². The summed E-state index contributed by atoms with van der Waals surface area (Å²) in [6.45, 7) is 6.10. The lowest BCUT2D eigenvalue weighted by atomic mass is 10.1. The van der Waals surface area contributed by atoms with Crippen LogP contribution in [0.1, 0.15) is 25.8 Å². The van der Waals surface area contributed by atoms with Crippen molar-refractivity contribution in [2.24, 2.45) is 0 Å². The first-order chi connectivity index (χ1) is 12.8. The Bertz CT molecular complexity index is 926. The molecule has 2 heterocycles. The van der Waals surface area contributed by atoms with Gasteiger partial charge in [-0.05, 0) is 39.3 Å². The second kappa shape index (κ2) is 8.02. The van der Waals surface area contributed by atoms with Gasteiger partial charge in [0.1, 0.15) is 0 Å². The van der Waals surface area contributed by atoms with Crippen molar-refractivity contribution in [3.05, 3.63) is 29.8 Å². The average Bonchev–Trinajstić information content (AvgIpc) is 3.22. The van der Waals surface area contributed by atoms with E-state index in [1.54, 1.807) is 11.8 Å². The zero-order valence-electron chi connectivity index (χ0n) is 15.6. The maximum absolute atomic E-state index is 12.8. The molecule has 1 saturated heterocycles. The topological polar surface area (TPSA) is 93.4 Å². The third kappa shape index (κ3) is 4.70. The molecule has 0 spiro atoms. The van der Waals surface area contributed by atoms with Crippen molar-refractivity contribution in [2.75, 3.05) is 18.1 Å². The standard InChI is InChI=1S/C18H23N3O4S2/c1-4-21(15-8-9-27(23,24)11-15)17(22)13(3)26-18-20-19-16(25-18)14-7-5-6-12(2)10-14/h5-7,10,13,15H,4,8-9,11H2,1-3H3/t13-,15-/m1/s1. The van der Waals surface area contributed by atoms with Gasteiger partial charge in [0.15, 0.2) is 9.84 Å². The molecule has 1 aliphatic rings. The van der Waals surface area contributed by atoms with Crippen molar-refractivity contribution in [3.63, 3.8) is 0 Å². The normalized spacial score (nSPS) is 19.7. The number of nitrogens with zero attached hydrogens (tertiary/aromatic N) is 3. The Balaban J connectivity index is 1.67. The average molecular weight is 410 g/mol. The molecule has 1 aromatic heterocycles. The summed E-state index contributed by atoms with van der Waals surface area (Å²) in [5.74, 6) is 0.490. The van der Waals surface area contributed by atoms with E-state index in [2.05, 4.69) is 10.2 Å². The Morgan fingerprint density at radius 2 is 2.19 bits per heavy atom. The van der Waals surface area contributed by atoms with Gasteiger partial charge in [-0.2, -0.15) is 0 Å². The molecule has 0 radical (unpaired) electrons. The van der Waals surface area contributed by atoms with Gasteiger partial charge in [-0.15, -0.1) is 10.2 Å². The van der Waals surface area contributed by atoms with Crippen LogP contribution in [0.4, 0.5) is 0 Å². The highest BCUT2D eigenvalue weighted by atomic mass is 32.2. The number of amides is 1. The van der Waals surface area contributed by atoms with Gasteiger partial charge < -0.3 is 9.32 Å². The Kier molecular flexibility index (Phi) is 5.90. The predicted octanol–water partition coefficient (Wildman–Crippen LogP) is 2.56. The predicted molar refractivity (Wildman–Crippen MR) is 104 cm³/mol. The molecule has 0 N–H and O–H groups in total. The fourth-order valence-corrected chi connectivity index (χ4v) is 5.69. The first-order valence-electron chi connectivity index (χ1n) is 8.87. The van der Waals surface area contributed by atoms with E-state index in [-0.39, 0.29) is 23.5 Å². The summed E-state index contributed by atoms with van der Waals surface area (Å²) in [6, 6.07) is 7.50. The maximum Gasteiger partial charge on any atom is 0.277 e. The summed E-state index contributed by atoms with van der Waals surface area (Å²) in [7, 11) is -3.04. The molecule has 0 saturated carbocycles. The molecule has 2 aromatic rings. The Labute approximate surface area is 163 Å². The number of carbonyl (C=O) groups is 1. The van der Waals surface area contributed by atoms with Crippen molar-refractivity contribution in [2.45, 2.75) is 43.7 Å². The minimum atomic E-state index is -3.04. The Morgan fingerprint density at radius 3 is 2.81 bits per heavy atom. The van der Waals surface area contributed by atoms with Gasteiger partial charge in [0.25, 0.3) is 5.22 Å². The van der Waals surface area contributed by atoms with Gasteiger partial charge in [0.05, 0.1) is 16.8 Å². The lowest BCUT2D eigenvalue weighted by molar-refractivity contribution is -0.131. The number of rotatable bonds is 6. The number of aryl methyl sites for hydroxylation is 1. The fourth-order valence-electron chi connectivity index (χ4n) is 3.20. The van der Waals surface area contributed by atoms with Crippen LogP contribution >= 0.6 is 11.8 Å². The molecule has 0 bridgehead atoms. The molecule has 7 nitrogen and oxygen atoms in total. The van der Waals surface area contributed by atoms with E-state index in [1.807, 2.05) is 38.1 Å². The molecule has 0 aliphatic carbocycles. The molecule has 146 valence electrons. The number of aromatic nitrogens is 2. The molecule has 1 aromatic carbocycles. The van der Waals surface area contributed by atoms with Crippen LogP contribution in [-0.2, 0) is 14.6 Å². The zero-order valence-corrected chi connectivity index (χ0v) is 17.2. The monoisotopic (exact) mass is 409 g/mol. The second-order valence-electron chi connectivity index (χ2n) is 6.68. The van der Waals surface area contributed by atoms with Crippen molar-refractivity contribution in [1.82, 2.24) is 15.1 Å². The highest BCUT2D eigenvalue weighted by Gasteiger charge is 2.35. The van der Waals surface area contributed by atoms with E-state index in [0.717, 1.165) is 11.1 Å². The minimum Gasteiger partial charge on any atom is -0.411 e. The van der Waals surface area contributed by atoms with Gasteiger partial charge in [-0.3, -0.25) is 4.79 Å². The SMILES string of the molecule is CCN(C(=O)[C@@H](C)Sc1nnc(-c2cccc(C)c2)o1)[C@@H]1CCS(=O)(=O)C1. The van der Waals surface area contributed by atoms with Crippen LogP contribution in [0.25, 0.3) is 11.5 Å². The van der Waals surface area contributed by atoms with Crippen molar-refractivity contribution in [1.29, 1.82) is 0 Å². The molecule has 1 aliphatic heterocycles. The summed E-state index contributed by atoms with van der Waals surface area (Å²) < 4.78 is 29.2. The van der Waals surface area contributed by atoms with E-state index < -0.39 is 15.1 Å². The molecular weight excluding hydrogens is 386 g/mol. The molecular formula is C18H23N3O4S2. The molecule has 1 amide bonds. The van der Waals surface area contributed by atoms with Crippen LogP contribution in [0, 0.1) is 6.92 Å². The molecule has 1 fully saturated rings. The number of sulfone groups is 1. The van der Waals surface area contributed by atoms with Crippen molar-refractivity contribution in [3.8, 4) is 11.5 Å². The highest BCUT2D eigenvalue weighted by molar-refractivity contribution is 8.00. The summed E-state index contributed by atoms with van der Waals surface area (Å²) in [5, 5.41) is 7.97. The number of carbonyl (C=O) groups excluding carboxylic acids is 1. The van der Waals surface area contributed by atoms with Crippen molar-refractivity contribution < 1.29 is 17.6 Å². The van der Waals surface area contributed by atoms with Crippen LogP contribution < -0.4 is 0 Å². The Hall–Kier alpha value is -1.87. The number of hydrogen-bond acceptors (Lipinski definition) is 7. The van der Waals surface area contributed by atoms with Gasteiger partial charge in [-0.1, -0.05) is 29.5 Å². The summed E-state index contributed by atoms with van der Waals surface area (Å²) in [4.78, 5) is 14.5. The molecule has 3 rings (SSSR count). The minimum absolute atomic E-state index is 0.0437. The van der Waals surface area contributed by atoms with Gasteiger partial charge in [0, 0.05) is 18.2 Å². The second-order valence-corrected chi connectivity index (χ2v) is 10.2. The van der Waals surface area contributed by atoms with E-state index in [4.69, 9.17) is 4.42 Å². The highest BCUT2D eigenvalue weighted by Crippen LogP contribution is 2.28. The van der Waals surface area contributed by atoms with Crippen LogP contribution in [0.2, 0.25) is 0 Å². The van der Waals surface area contributed by atoms with Gasteiger partial charge in [0.2, 0.25) is 11.8 Å². The molecule has 9 heteroatoms. The summed E-state index contributed by atoms with van der Waals surface area (Å²) >= 11 is 1.19. The van der Waals surface area contributed by atoms with Crippen LogP contribution in [0.5, 0.6) is 0 Å². The zero-order chi connectivity index (χ0) is 19.6. The third-order valence-corrected chi connectivity index (χ3v) is 7.24. The first kappa shape index (κ1) is 19.9. The largest absolute Gasteiger partial charge is 0.411 e. The lowest BCUT2D eigenvalue weighted by Crippen LogP contribution is -2.44. The van der Waals surface area contributed by atoms with E-state index in [1.165, 1.54) is 11.8 Å². The fraction of sp³-hybridized carbons (Fsp3) is 0.500. The number of thioether (sulfide) groups is 1.